The first-order valence-electron chi connectivity index (χ1n) is 9.47. The lowest BCUT2D eigenvalue weighted by Gasteiger charge is -2.11. The van der Waals surface area contributed by atoms with Crippen molar-refractivity contribution in [3.05, 3.63) is 64.7 Å². The third kappa shape index (κ3) is 6.74. The SMILES string of the molecule is CN(C)S(=O)(=O)c1ccc(C(=O)Nc2nnc(SCC(=O)NCc3ccccc3Cl)s2)cc1. The van der Waals surface area contributed by atoms with Gasteiger partial charge >= 0.3 is 0 Å². The molecule has 0 aliphatic carbocycles. The molecular weight excluding hydrogens is 506 g/mol. The molecule has 1 aromatic heterocycles. The number of carbonyl (C=O) groups is 2. The van der Waals surface area contributed by atoms with Crippen LogP contribution in [0.3, 0.4) is 0 Å². The van der Waals surface area contributed by atoms with Gasteiger partial charge in [0.05, 0.1) is 10.6 Å². The molecule has 33 heavy (non-hydrogen) atoms. The maximum Gasteiger partial charge on any atom is 0.257 e. The number of rotatable bonds is 9. The van der Waals surface area contributed by atoms with Gasteiger partial charge in [-0.1, -0.05) is 52.9 Å². The Balaban J connectivity index is 1.50. The summed E-state index contributed by atoms with van der Waals surface area (Å²) < 4.78 is 25.8. The lowest BCUT2D eigenvalue weighted by Crippen LogP contribution is -2.24. The van der Waals surface area contributed by atoms with E-state index < -0.39 is 15.9 Å². The maximum absolute atomic E-state index is 12.4. The predicted octanol–water partition coefficient (Wildman–Crippen LogP) is 3.10. The van der Waals surface area contributed by atoms with Crippen LogP contribution in [-0.2, 0) is 21.4 Å². The summed E-state index contributed by atoms with van der Waals surface area (Å²) in [7, 11) is -0.703. The van der Waals surface area contributed by atoms with Gasteiger partial charge in [-0.2, -0.15) is 0 Å². The molecule has 0 atom stereocenters. The van der Waals surface area contributed by atoms with Crippen LogP contribution in [0.2, 0.25) is 5.02 Å². The van der Waals surface area contributed by atoms with Gasteiger partial charge in [0.2, 0.25) is 21.1 Å². The Labute approximate surface area is 204 Å². The summed E-state index contributed by atoms with van der Waals surface area (Å²) in [4.78, 5) is 24.6. The van der Waals surface area contributed by atoms with Gasteiger partial charge < -0.3 is 5.32 Å². The average Bonchev–Trinajstić information content (AvgIpc) is 3.24. The quantitative estimate of drug-likeness (QED) is 0.325. The Bertz CT molecular complexity index is 1250. The summed E-state index contributed by atoms with van der Waals surface area (Å²) >= 11 is 8.40. The largest absolute Gasteiger partial charge is 0.351 e. The third-order valence-corrected chi connectivity index (χ3v) is 8.45. The van der Waals surface area contributed by atoms with Crippen molar-refractivity contribution in [1.82, 2.24) is 19.8 Å². The summed E-state index contributed by atoms with van der Waals surface area (Å²) in [6, 6.07) is 12.8. The standard InChI is InChI=1S/C20H20ClN5O4S3/c1-26(2)33(29,30)15-9-7-13(8-10-15)18(28)23-19-24-25-20(32-19)31-12-17(27)22-11-14-5-3-4-6-16(14)21/h3-10H,11-12H2,1-2H3,(H,22,27)(H,23,24,28). The highest BCUT2D eigenvalue weighted by molar-refractivity contribution is 8.01. The van der Waals surface area contributed by atoms with Crippen molar-refractivity contribution >= 4 is 61.7 Å². The van der Waals surface area contributed by atoms with Crippen LogP contribution >= 0.6 is 34.7 Å². The predicted molar refractivity (Wildman–Crippen MR) is 129 cm³/mol. The molecule has 174 valence electrons. The minimum Gasteiger partial charge on any atom is -0.351 e. The average molecular weight is 526 g/mol. The molecule has 13 heteroatoms. The van der Waals surface area contributed by atoms with Crippen LogP contribution in [0.15, 0.2) is 57.8 Å². The number of hydrogen-bond donors (Lipinski definition) is 2. The van der Waals surface area contributed by atoms with E-state index in [1.54, 1.807) is 6.07 Å². The van der Waals surface area contributed by atoms with Crippen molar-refractivity contribution in [3.8, 4) is 0 Å². The van der Waals surface area contributed by atoms with Crippen molar-refractivity contribution in [1.29, 1.82) is 0 Å². The highest BCUT2D eigenvalue weighted by atomic mass is 35.5. The van der Waals surface area contributed by atoms with Gasteiger partial charge in [-0.05, 0) is 35.9 Å². The molecule has 9 nitrogen and oxygen atoms in total. The zero-order chi connectivity index (χ0) is 24.0. The van der Waals surface area contributed by atoms with Crippen LogP contribution in [0.1, 0.15) is 15.9 Å². The first-order chi connectivity index (χ1) is 15.7. The van der Waals surface area contributed by atoms with Gasteiger partial charge in [0.25, 0.3) is 5.91 Å². The van der Waals surface area contributed by atoms with Crippen LogP contribution in [0.4, 0.5) is 5.13 Å². The fraction of sp³-hybridized carbons (Fsp3) is 0.200. The zero-order valence-electron chi connectivity index (χ0n) is 17.6. The van der Waals surface area contributed by atoms with E-state index in [2.05, 4.69) is 20.8 Å². The molecule has 2 N–H and O–H groups in total. The number of thioether (sulfide) groups is 1. The summed E-state index contributed by atoms with van der Waals surface area (Å²) in [5.74, 6) is -0.503. The molecule has 0 saturated heterocycles. The van der Waals surface area contributed by atoms with Crippen LogP contribution in [0, 0.1) is 0 Å². The number of anilines is 1. The van der Waals surface area contributed by atoms with Crippen LogP contribution in [0.25, 0.3) is 0 Å². The van der Waals surface area contributed by atoms with Gasteiger partial charge in [-0.15, -0.1) is 10.2 Å². The highest BCUT2D eigenvalue weighted by Crippen LogP contribution is 2.26. The van der Waals surface area contributed by atoms with Crippen LogP contribution < -0.4 is 10.6 Å². The Morgan fingerprint density at radius 2 is 1.79 bits per heavy atom. The number of nitrogens with zero attached hydrogens (tertiary/aromatic N) is 3. The fourth-order valence-corrected chi connectivity index (χ4v) is 5.17. The van der Waals surface area contributed by atoms with Crippen molar-refractivity contribution in [2.75, 3.05) is 25.2 Å². The fourth-order valence-electron chi connectivity index (χ4n) is 2.49. The summed E-state index contributed by atoms with van der Waals surface area (Å²) in [6.45, 7) is 0.325. The van der Waals surface area contributed by atoms with Crippen molar-refractivity contribution in [3.63, 3.8) is 0 Å². The van der Waals surface area contributed by atoms with E-state index in [1.807, 2.05) is 18.2 Å². The van der Waals surface area contributed by atoms with Gasteiger partial charge in [-0.25, -0.2) is 12.7 Å². The van der Waals surface area contributed by atoms with Crippen molar-refractivity contribution in [2.45, 2.75) is 15.8 Å². The van der Waals surface area contributed by atoms with Crippen LogP contribution in [0.5, 0.6) is 0 Å². The van der Waals surface area contributed by atoms with E-state index in [4.69, 9.17) is 11.6 Å². The number of amides is 2. The van der Waals surface area contributed by atoms with Gasteiger partial charge in [-0.3, -0.25) is 14.9 Å². The summed E-state index contributed by atoms with van der Waals surface area (Å²) in [5, 5.41) is 14.1. The molecule has 2 aromatic carbocycles. The monoisotopic (exact) mass is 525 g/mol. The minimum atomic E-state index is -3.57. The second-order valence-electron chi connectivity index (χ2n) is 6.80. The minimum absolute atomic E-state index is 0.0893. The summed E-state index contributed by atoms with van der Waals surface area (Å²) in [6.07, 6.45) is 0. The number of aromatic nitrogens is 2. The molecule has 2 amide bonds. The molecule has 0 fully saturated rings. The Morgan fingerprint density at radius 1 is 1.09 bits per heavy atom. The van der Waals surface area contributed by atoms with Gasteiger partial charge in [0.15, 0.2) is 4.34 Å². The first-order valence-corrected chi connectivity index (χ1v) is 13.1. The topological polar surface area (TPSA) is 121 Å². The lowest BCUT2D eigenvalue weighted by atomic mass is 10.2. The number of halogens is 1. The maximum atomic E-state index is 12.4. The second kappa shape index (κ2) is 11.1. The summed E-state index contributed by atoms with van der Waals surface area (Å²) in [5.41, 5.74) is 1.10. The van der Waals surface area contributed by atoms with Crippen molar-refractivity contribution < 1.29 is 18.0 Å². The molecule has 0 aliphatic rings. The van der Waals surface area contributed by atoms with E-state index >= 15 is 0 Å². The van der Waals surface area contributed by atoms with Crippen LogP contribution in [-0.4, -0.2) is 54.6 Å². The molecular formula is C20H20ClN5O4S3. The molecule has 0 unspecified atom stereocenters. The molecule has 0 bridgehead atoms. The molecule has 0 saturated carbocycles. The number of hydrogen-bond acceptors (Lipinski definition) is 8. The molecule has 0 radical (unpaired) electrons. The van der Waals surface area contributed by atoms with E-state index in [-0.39, 0.29) is 27.3 Å². The van der Waals surface area contributed by atoms with Gasteiger partial charge in [0, 0.05) is 31.2 Å². The van der Waals surface area contributed by atoms with E-state index in [0.717, 1.165) is 21.2 Å². The number of benzene rings is 2. The zero-order valence-corrected chi connectivity index (χ0v) is 20.8. The molecule has 3 aromatic rings. The van der Waals surface area contributed by atoms with Crippen molar-refractivity contribution in [2.24, 2.45) is 0 Å². The molecule has 0 aliphatic heterocycles. The van der Waals surface area contributed by atoms with E-state index in [0.29, 0.717) is 15.9 Å². The van der Waals surface area contributed by atoms with E-state index in [1.165, 1.54) is 50.1 Å². The number of sulfonamides is 1. The molecule has 0 spiro atoms. The smallest absolute Gasteiger partial charge is 0.257 e. The Kier molecular flexibility index (Phi) is 8.43. The first kappa shape index (κ1) is 25.1. The molecule has 3 rings (SSSR count). The number of nitrogens with one attached hydrogen (secondary N) is 2. The Hall–Kier alpha value is -2.51. The Morgan fingerprint density at radius 3 is 2.45 bits per heavy atom. The van der Waals surface area contributed by atoms with E-state index in [9.17, 15) is 18.0 Å². The third-order valence-electron chi connectivity index (χ3n) is 4.28. The highest BCUT2D eigenvalue weighted by Gasteiger charge is 2.18. The number of carbonyl (C=O) groups excluding carboxylic acids is 2. The normalized spacial score (nSPS) is 11.4. The van der Waals surface area contributed by atoms with Gasteiger partial charge in [0.1, 0.15) is 0 Å². The molecule has 1 heterocycles. The second-order valence-corrected chi connectivity index (χ2v) is 11.6. The lowest BCUT2D eigenvalue weighted by molar-refractivity contribution is -0.118.